The summed E-state index contributed by atoms with van der Waals surface area (Å²) in [4.78, 5) is 11.7. The summed E-state index contributed by atoms with van der Waals surface area (Å²) in [5, 5.41) is 6.16. The molecule has 0 bridgehead atoms. The number of nitrogens with one attached hydrogen (secondary N) is 2. The molecule has 1 aromatic carbocycles. The van der Waals surface area contributed by atoms with Crippen molar-refractivity contribution in [3.63, 3.8) is 0 Å². The summed E-state index contributed by atoms with van der Waals surface area (Å²) in [6.45, 7) is 1.82. The van der Waals surface area contributed by atoms with E-state index in [1.54, 1.807) is 0 Å². The highest BCUT2D eigenvalue weighted by atomic mass is 35.5. The van der Waals surface area contributed by atoms with Gasteiger partial charge in [-0.1, -0.05) is 24.3 Å². The summed E-state index contributed by atoms with van der Waals surface area (Å²) >= 11 is 0. The fourth-order valence-corrected chi connectivity index (χ4v) is 2.18. The van der Waals surface area contributed by atoms with Crippen LogP contribution < -0.4 is 10.6 Å². The maximum Gasteiger partial charge on any atom is 0.224 e. The number of halogens is 1. The summed E-state index contributed by atoms with van der Waals surface area (Å²) in [6, 6.07) is 8.86. The molecule has 2 fully saturated rings. The van der Waals surface area contributed by atoms with Gasteiger partial charge in [-0.2, -0.15) is 0 Å². The second-order valence-electron chi connectivity index (χ2n) is 5.12. The third-order valence-electron chi connectivity index (χ3n) is 3.54. The van der Waals surface area contributed by atoms with Crippen LogP contribution in [0.1, 0.15) is 29.9 Å². The number of amides is 1. The predicted molar refractivity (Wildman–Crippen MR) is 74.2 cm³/mol. The van der Waals surface area contributed by atoms with Crippen molar-refractivity contribution in [1.82, 2.24) is 10.6 Å². The molecule has 1 aromatic rings. The van der Waals surface area contributed by atoms with Crippen molar-refractivity contribution in [3.05, 3.63) is 35.4 Å². The molecule has 0 radical (unpaired) electrons. The standard InChI is InChI=1S/C14H18N2O.ClH/c17-14(16-13-8-15-9-13)7-10-1-3-11(4-2-10)12-5-6-12;/h1-4,12-13,15H,5-9H2,(H,16,17);1H. The van der Waals surface area contributed by atoms with E-state index in [4.69, 9.17) is 0 Å². The largest absolute Gasteiger partial charge is 0.351 e. The van der Waals surface area contributed by atoms with Crippen LogP contribution in [0.3, 0.4) is 0 Å². The summed E-state index contributed by atoms with van der Waals surface area (Å²) in [7, 11) is 0. The Kier molecular flexibility index (Phi) is 4.25. The minimum atomic E-state index is 0. The molecule has 1 saturated carbocycles. The van der Waals surface area contributed by atoms with Gasteiger partial charge in [0.2, 0.25) is 5.91 Å². The zero-order valence-corrected chi connectivity index (χ0v) is 11.1. The monoisotopic (exact) mass is 266 g/mol. The summed E-state index contributed by atoms with van der Waals surface area (Å²) in [6.07, 6.45) is 3.16. The lowest BCUT2D eigenvalue weighted by Gasteiger charge is -2.27. The maximum atomic E-state index is 11.7. The second-order valence-corrected chi connectivity index (χ2v) is 5.12. The van der Waals surface area contributed by atoms with E-state index in [9.17, 15) is 4.79 Å². The van der Waals surface area contributed by atoms with Crippen molar-refractivity contribution in [2.24, 2.45) is 0 Å². The van der Waals surface area contributed by atoms with Crippen LogP contribution in [-0.4, -0.2) is 25.0 Å². The molecule has 18 heavy (non-hydrogen) atoms. The van der Waals surface area contributed by atoms with Crippen LogP contribution in [0.25, 0.3) is 0 Å². The molecule has 98 valence electrons. The summed E-state index contributed by atoms with van der Waals surface area (Å²) < 4.78 is 0. The molecule has 0 unspecified atom stereocenters. The average molecular weight is 267 g/mol. The molecule has 4 heteroatoms. The molecule has 1 saturated heterocycles. The predicted octanol–water partition coefficient (Wildman–Crippen LogP) is 1.62. The van der Waals surface area contributed by atoms with Gasteiger partial charge < -0.3 is 10.6 Å². The van der Waals surface area contributed by atoms with Crippen LogP contribution in [0.15, 0.2) is 24.3 Å². The first kappa shape index (κ1) is 13.4. The van der Waals surface area contributed by atoms with Gasteiger partial charge in [0.15, 0.2) is 0 Å². The van der Waals surface area contributed by atoms with Crippen molar-refractivity contribution >= 4 is 18.3 Å². The van der Waals surface area contributed by atoms with E-state index in [1.807, 2.05) is 0 Å². The van der Waals surface area contributed by atoms with Crippen molar-refractivity contribution in [2.75, 3.05) is 13.1 Å². The smallest absolute Gasteiger partial charge is 0.224 e. The molecule has 2 aliphatic rings. The Morgan fingerprint density at radius 1 is 1.22 bits per heavy atom. The molecule has 1 heterocycles. The first-order valence-electron chi connectivity index (χ1n) is 6.40. The maximum absolute atomic E-state index is 11.7. The number of carbonyl (C=O) groups excluding carboxylic acids is 1. The van der Waals surface area contributed by atoms with Gasteiger partial charge in [-0.05, 0) is 29.9 Å². The molecule has 0 spiro atoms. The first-order chi connectivity index (χ1) is 8.31. The molecule has 0 atom stereocenters. The highest BCUT2D eigenvalue weighted by Crippen LogP contribution is 2.39. The Balaban J connectivity index is 0.00000120. The van der Waals surface area contributed by atoms with Gasteiger partial charge in [-0.15, -0.1) is 12.4 Å². The van der Waals surface area contributed by atoms with Crippen LogP contribution in [0, 0.1) is 0 Å². The van der Waals surface area contributed by atoms with Crippen LogP contribution in [0.5, 0.6) is 0 Å². The topological polar surface area (TPSA) is 41.1 Å². The van der Waals surface area contributed by atoms with Crippen molar-refractivity contribution in [1.29, 1.82) is 0 Å². The van der Waals surface area contributed by atoms with Crippen LogP contribution in [0.2, 0.25) is 0 Å². The molecule has 2 N–H and O–H groups in total. The Morgan fingerprint density at radius 2 is 1.89 bits per heavy atom. The Labute approximate surface area is 114 Å². The molecule has 1 amide bonds. The Hall–Kier alpha value is -1.06. The van der Waals surface area contributed by atoms with Gasteiger partial charge in [0.25, 0.3) is 0 Å². The van der Waals surface area contributed by atoms with Gasteiger partial charge in [0, 0.05) is 13.1 Å². The zero-order chi connectivity index (χ0) is 11.7. The second kappa shape index (κ2) is 5.72. The third kappa shape index (κ3) is 3.24. The molecule has 3 nitrogen and oxygen atoms in total. The fourth-order valence-electron chi connectivity index (χ4n) is 2.18. The zero-order valence-electron chi connectivity index (χ0n) is 10.3. The van der Waals surface area contributed by atoms with Crippen LogP contribution in [-0.2, 0) is 11.2 Å². The van der Waals surface area contributed by atoms with E-state index in [2.05, 4.69) is 34.9 Å². The molecule has 1 aliphatic heterocycles. The molecular formula is C14H19ClN2O. The molecule has 0 aromatic heterocycles. The number of rotatable bonds is 4. The molecule has 1 aliphatic carbocycles. The van der Waals surface area contributed by atoms with Gasteiger partial charge in [0.05, 0.1) is 12.5 Å². The van der Waals surface area contributed by atoms with E-state index in [-0.39, 0.29) is 18.3 Å². The lowest BCUT2D eigenvalue weighted by atomic mass is 10.1. The van der Waals surface area contributed by atoms with Gasteiger partial charge in [0.1, 0.15) is 0 Å². The Bertz CT molecular complexity index is 410. The molecule has 3 rings (SSSR count). The van der Waals surface area contributed by atoms with Gasteiger partial charge in [-0.3, -0.25) is 4.79 Å². The minimum absolute atomic E-state index is 0. The normalized spacial score (nSPS) is 18.7. The summed E-state index contributed by atoms with van der Waals surface area (Å²) in [5.74, 6) is 0.926. The highest BCUT2D eigenvalue weighted by molar-refractivity contribution is 5.85. The molecular weight excluding hydrogens is 248 g/mol. The van der Waals surface area contributed by atoms with Crippen molar-refractivity contribution in [3.8, 4) is 0 Å². The van der Waals surface area contributed by atoms with Gasteiger partial charge in [-0.25, -0.2) is 0 Å². The SMILES string of the molecule is Cl.O=C(Cc1ccc(C2CC2)cc1)NC1CNC1. The van der Waals surface area contributed by atoms with E-state index in [1.165, 1.54) is 18.4 Å². The quantitative estimate of drug-likeness (QED) is 0.870. The first-order valence-corrected chi connectivity index (χ1v) is 6.40. The summed E-state index contributed by atoms with van der Waals surface area (Å²) in [5.41, 5.74) is 2.54. The van der Waals surface area contributed by atoms with E-state index in [0.29, 0.717) is 12.5 Å². The lowest BCUT2D eigenvalue weighted by Crippen LogP contribution is -2.57. The third-order valence-corrected chi connectivity index (χ3v) is 3.54. The fraction of sp³-hybridized carbons (Fsp3) is 0.500. The minimum Gasteiger partial charge on any atom is -0.351 e. The van der Waals surface area contributed by atoms with E-state index < -0.39 is 0 Å². The van der Waals surface area contributed by atoms with Crippen LogP contribution >= 0.6 is 12.4 Å². The van der Waals surface area contributed by atoms with Crippen molar-refractivity contribution < 1.29 is 4.79 Å². The number of benzene rings is 1. The van der Waals surface area contributed by atoms with Gasteiger partial charge >= 0.3 is 0 Å². The number of carbonyl (C=O) groups is 1. The Morgan fingerprint density at radius 3 is 2.39 bits per heavy atom. The average Bonchev–Trinajstić information content (AvgIpc) is 3.09. The number of hydrogen-bond acceptors (Lipinski definition) is 2. The van der Waals surface area contributed by atoms with E-state index >= 15 is 0 Å². The lowest BCUT2D eigenvalue weighted by molar-refractivity contribution is -0.121. The van der Waals surface area contributed by atoms with Crippen LogP contribution in [0.4, 0.5) is 0 Å². The highest BCUT2D eigenvalue weighted by Gasteiger charge is 2.23. The van der Waals surface area contributed by atoms with E-state index in [0.717, 1.165) is 24.6 Å². The number of hydrogen-bond donors (Lipinski definition) is 2. The van der Waals surface area contributed by atoms with Crippen molar-refractivity contribution in [2.45, 2.75) is 31.2 Å².